The number of hydrogen-bond acceptors (Lipinski definition) is 7. The van der Waals surface area contributed by atoms with Gasteiger partial charge >= 0.3 is 0 Å². The summed E-state index contributed by atoms with van der Waals surface area (Å²) in [5.41, 5.74) is 1.78. The third-order valence-electron chi connectivity index (χ3n) is 4.78. The second-order valence-corrected chi connectivity index (χ2v) is 7.17. The van der Waals surface area contributed by atoms with Gasteiger partial charge in [0.1, 0.15) is 11.6 Å². The number of piperidine rings is 4. The van der Waals surface area contributed by atoms with Crippen LogP contribution in [0.15, 0.2) is 10.3 Å². The van der Waals surface area contributed by atoms with Crippen LogP contribution in [0.1, 0.15) is 107 Å². The first-order chi connectivity index (χ1) is 18.7. The van der Waals surface area contributed by atoms with Gasteiger partial charge in [0.25, 0.3) is 0 Å². The third kappa shape index (κ3) is 71.0. The van der Waals surface area contributed by atoms with Gasteiger partial charge in [-0.05, 0) is 38.5 Å². The Kier molecular flexibility index (Phi) is 154. The third-order valence-corrected chi connectivity index (χ3v) is 4.78. The van der Waals surface area contributed by atoms with E-state index in [1.165, 1.54) is 0 Å². The molecule has 0 aromatic carbocycles. The molecule has 283 valence electrons. The Morgan fingerprint density at radius 3 is 0.830 bits per heavy atom. The second kappa shape index (κ2) is 82.4. The molecule has 3 radical (unpaired) electrons. The average molecular weight is 1180 g/mol. The van der Waals surface area contributed by atoms with E-state index in [1.807, 2.05) is 55.4 Å². The molecule has 0 aromatic heterocycles. The van der Waals surface area contributed by atoms with Gasteiger partial charge in [0.2, 0.25) is 0 Å². The van der Waals surface area contributed by atoms with Gasteiger partial charge in [-0.25, -0.2) is 0 Å². The molecule has 4 aliphatic heterocycles. The molecule has 0 amide bonds. The number of Topliss-reactive ketones (excluding diaryl/α,β-unsaturated/α-hetero) is 2. The first-order valence-electron chi connectivity index (χ1n) is 14.7. The summed E-state index contributed by atoms with van der Waals surface area (Å²) in [5, 5.41) is 38.0. The number of oxime groups is 2. The van der Waals surface area contributed by atoms with Gasteiger partial charge < -0.3 is 61.4 Å². The Morgan fingerprint density at radius 1 is 0.489 bits per heavy atom. The van der Waals surface area contributed by atoms with Crippen molar-refractivity contribution in [2.45, 2.75) is 107 Å². The van der Waals surface area contributed by atoms with Gasteiger partial charge in [-0.2, -0.15) is 0 Å². The summed E-state index contributed by atoms with van der Waals surface area (Å²) in [5.74, 6) is 0.772. The molecule has 4 aliphatic rings. The van der Waals surface area contributed by atoms with Crippen molar-refractivity contribution in [3.8, 4) is 0 Å². The summed E-state index contributed by atoms with van der Waals surface area (Å²) in [7, 11) is 0. The Balaban J connectivity index is -0.0000000262. The van der Waals surface area contributed by atoms with Crippen molar-refractivity contribution in [3.63, 3.8) is 0 Å². The van der Waals surface area contributed by atoms with E-state index in [2.05, 4.69) is 31.6 Å². The predicted molar refractivity (Wildman–Crippen MR) is 204 cm³/mol. The van der Waals surface area contributed by atoms with Crippen molar-refractivity contribution in [2.75, 3.05) is 52.4 Å². The van der Waals surface area contributed by atoms with Crippen molar-refractivity contribution < 1.29 is 139 Å². The molecule has 4 heterocycles. The first kappa shape index (κ1) is 87.6. The van der Waals surface area contributed by atoms with Crippen LogP contribution < -0.4 is 5.32 Å². The molecule has 3 N–H and O–H groups in total. The number of ketones is 2. The minimum Gasteiger partial charge on any atom is -0.662 e. The molecular formula is C32H72IN6O4WY3-7. The van der Waals surface area contributed by atoms with Crippen LogP contribution in [0.4, 0.5) is 0 Å². The van der Waals surface area contributed by atoms with Gasteiger partial charge in [-0.3, -0.25) is 9.59 Å². The van der Waals surface area contributed by atoms with Gasteiger partial charge in [0.15, 0.2) is 0 Å². The largest absolute Gasteiger partial charge is 0.662 e. The Hall–Kier alpha value is 2.85. The van der Waals surface area contributed by atoms with Crippen LogP contribution in [0.2, 0.25) is 0 Å². The fourth-order valence-corrected chi connectivity index (χ4v) is 2.86. The van der Waals surface area contributed by atoms with Crippen LogP contribution in [0.5, 0.6) is 0 Å². The fraction of sp³-hybridized carbons (Fsp3) is 0.750. The van der Waals surface area contributed by atoms with Crippen molar-refractivity contribution in [3.05, 3.63) is 45.7 Å². The van der Waals surface area contributed by atoms with Crippen molar-refractivity contribution in [2.24, 2.45) is 10.3 Å². The molecule has 0 spiro atoms. The number of carbonyl (C=O) groups is 2. The van der Waals surface area contributed by atoms with Crippen molar-refractivity contribution in [1.29, 1.82) is 0 Å². The molecular weight excluding hydrogens is 1110 g/mol. The van der Waals surface area contributed by atoms with E-state index in [0.717, 1.165) is 102 Å². The number of rotatable bonds is 0. The van der Waals surface area contributed by atoms with Gasteiger partial charge in [-0.15, -0.1) is 63.2 Å². The maximum Gasteiger partial charge on any atom is 0.135 e. The van der Waals surface area contributed by atoms with Crippen LogP contribution in [0.3, 0.4) is 0 Å². The Labute approximate surface area is 401 Å². The first-order valence-corrected chi connectivity index (χ1v) is 14.7. The molecule has 47 heavy (non-hydrogen) atoms. The van der Waals surface area contributed by atoms with E-state index in [-0.39, 0.29) is 173 Å². The summed E-state index contributed by atoms with van der Waals surface area (Å²) in [6.07, 6.45) is 6.21. The number of halogens is 1. The number of carbonyl (C=O) groups excluding carboxylic acids is 2. The molecule has 0 unspecified atom stereocenters. The second-order valence-electron chi connectivity index (χ2n) is 7.17. The molecule has 15 heteroatoms. The molecule has 10 nitrogen and oxygen atoms in total. The summed E-state index contributed by atoms with van der Waals surface area (Å²) in [6, 6.07) is 0. The minimum absolute atomic E-state index is 0. The zero-order chi connectivity index (χ0) is 29.9. The molecule has 0 aromatic rings. The van der Waals surface area contributed by atoms with E-state index in [0.29, 0.717) is 24.4 Å². The van der Waals surface area contributed by atoms with Gasteiger partial charge in [0.05, 0.1) is 11.4 Å². The number of hydrogen-bond donors (Lipinski definition) is 3. The quantitative estimate of drug-likeness (QED) is 0.0957. The SMILES string of the molecule is CC.CC.CC.CC.I.O=C1CCNCC1.O=C1CC[N-]CC1.ON=C1CC[N-]CC1.ON=C1CC[N-]CC1.[CH3-].[CH3-].[CH3-].[CH3-].[W].[Y].[Y].[Y]. The summed E-state index contributed by atoms with van der Waals surface area (Å²) in [6.45, 7) is 22.6. The van der Waals surface area contributed by atoms with Crippen molar-refractivity contribution in [1.82, 2.24) is 5.32 Å². The molecule has 4 saturated heterocycles. The van der Waals surface area contributed by atoms with Crippen LogP contribution in [-0.4, -0.2) is 85.8 Å². The average Bonchev–Trinajstić information content (AvgIpc) is 3.04. The van der Waals surface area contributed by atoms with E-state index in [4.69, 9.17) is 10.4 Å². The van der Waals surface area contributed by atoms with Crippen molar-refractivity contribution >= 4 is 47.0 Å². The van der Waals surface area contributed by atoms with E-state index < -0.39 is 0 Å². The van der Waals surface area contributed by atoms with Crippen LogP contribution in [-0.2, 0) is 129 Å². The minimum atomic E-state index is 0. The smallest absolute Gasteiger partial charge is 0.135 e. The Bertz CT molecular complexity index is 509. The monoisotopic (exact) mass is 1180 g/mol. The summed E-state index contributed by atoms with van der Waals surface area (Å²) >= 11 is 0. The number of nitrogens with one attached hydrogen (secondary N) is 1. The molecule has 0 saturated carbocycles. The fourth-order valence-electron chi connectivity index (χ4n) is 2.86. The predicted octanol–water partition coefficient (Wildman–Crippen LogP) is 9.14. The molecule has 4 rings (SSSR count). The van der Waals surface area contributed by atoms with Gasteiger partial charge in [-0.1, -0.05) is 65.7 Å². The topological polar surface area (TPSA) is 154 Å². The molecule has 0 atom stereocenters. The van der Waals surface area contributed by atoms with Crippen LogP contribution in [0, 0.1) is 29.7 Å². The number of nitrogens with zero attached hydrogens (tertiary/aromatic N) is 5. The van der Waals surface area contributed by atoms with Crippen LogP contribution in [0.25, 0.3) is 16.0 Å². The van der Waals surface area contributed by atoms with E-state index in [1.54, 1.807) is 0 Å². The molecule has 0 aliphatic carbocycles. The molecule has 4 fully saturated rings. The Morgan fingerprint density at radius 2 is 0.702 bits per heavy atom. The van der Waals surface area contributed by atoms with E-state index >= 15 is 0 Å². The maximum atomic E-state index is 10.4. The maximum absolute atomic E-state index is 10.4. The van der Waals surface area contributed by atoms with Crippen LogP contribution >= 0.6 is 24.0 Å². The van der Waals surface area contributed by atoms with E-state index in [9.17, 15) is 9.59 Å². The van der Waals surface area contributed by atoms with Gasteiger partial charge in [0, 0.05) is 145 Å². The zero-order valence-electron chi connectivity index (χ0n) is 32.3. The summed E-state index contributed by atoms with van der Waals surface area (Å²) in [4.78, 5) is 20.8. The summed E-state index contributed by atoms with van der Waals surface area (Å²) < 4.78 is 0. The zero-order valence-corrected chi connectivity index (χ0v) is 46.1. The normalized spacial score (nSPS) is 14.3. The molecule has 0 bridgehead atoms. The standard InChI is InChI=1S/2C5H9N2O.C5H9NO.C5H8NO.4C2H6.4CH3.HI.W.3Y/c2*8-7-5-1-3-6-4-2-5;2*7-5-1-3-6-4-2-5;4*1-2;;;;;;;;;/h2*8H,1-4H2;6H,1-4H2;1-4H2;4*1-2H3;4*1H3;1H;;;;/q2*-1;;-1;;;;;4*-1;;;;;.